The molecular weight excluding hydrogens is 228 g/mol. The summed E-state index contributed by atoms with van der Waals surface area (Å²) in [6, 6.07) is 5.18. The number of Topliss-reactive ketones (excluding diaryl/α,β-unsaturated/α-hetero) is 1. The number of nitrogens with zero attached hydrogens (tertiary/aromatic N) is 1. The molecule has 0 radical (unpaired) electrons. The summed E-state index contributed by atoms with van der Waals surface area (Å²) in [6.07, 6.45) is 7.19. The van der Waals surface area contributed by atoms with E-state index in [0.717, 1.165) is 19.3 Å². The molecular formula is C14H20N2O2. The number of nitrogens with one attached hydrogen (secondary N) is 1. The van der Waals surface area contributed by atoms with Crippen molar-refractivity contribution >= 4 is 17.5 Å². The van der Waals surface area contributed by atoms with Gasteiger partial charge in [-0.25, -0.2) is 4.98 Å². The van der Waals surface area contributed by atoms with Gasteiger partial charge in [-0.15, -0.1) is 0 Å². The molecule has 1 heterocycles. The Hall–Kier alpha value is -1.71. The lowest BCUT2D eigenvalue weighted by Crippen LogP contribution is -2.22. The summed E-state index contributed by atoms with van der Waals surface area (Å²) in [6.45, 7) is 2.14. The number of carbonyl (C=O) groups excluding carboxylic acids is 2. The van der Waals surface area contributed by atoms with Crippen LogP contribution in [-0.4, -0.2) is 16.7 Å². The van der Waals surface area contributed by atoms with E-state index < -0.39 is 5.91 Å². The van der Waals surface area contributed by atoms with E-state index in [4.69, 9.17) is 0 Å². The summed E-state index contributed by atoms with van der Waals surface area (Å²) >= 11 is 0. The number of ketones is 1. The van der Waals surface area contributed by atoms with Crippen molar-refractivity contribution in [3.63, 3.8) is 0 Å². The maximum absolute atomic E-state index is 11.5. The largest absolute Gasteiger partial charge is 0.304 e. The van der Waals surface area contributed by atoms with Gasteiger partial charge < -0.3 is 5.32 Å². The molecule has 98 valence electrons. The third kappa shape index (κ3) is 5.57. The maximum Gasteiger partial charge on any atom is 0.292 e. The Labute approximate surface area is 108 Å². The molecule has 0 saturated heterocycles. The SMILES string of the molecule is CCCCCCCC(=O)C(=O)Nc1ccccn1. The van der Waals surface area contributed by atoms with Crippen LogP contribution in [0.5, 0.6) is 0 Å². The lowest BCUT2D eigenvalue weighted by Gasteiger charge is -2.03. The monoisotopic (exact) mass is 248 g/mol. The first-order valence-corrected chi connectivity index (χ1v) is 6.49. The van der Waals surface area contributed by atoms with Crippen molar-refractivity contribution in [1.29, 1.82) is 0 Å². The quantitative estimate of drug-likeness (QED) is 0.568. The average molecular weight is 248 g/mol. The molecule has 4 nitrogen and oxygen atoms in total. The fourth-order valence-corrected chi connectivity index (χ4v) is 1.63. The Morgan fingerprint density at radius 3 is 2.61 bits per heavy atom. The third-order valence-electron chi connectivity index (χ3n) is 2.67. The predicted molar refractivity (Wildman–Crippen MR) is 71.2 cm³/mol. The smallest absolute Gasteiger partial charge is 0.292 e. The minimum Gasteiger partial charge on any atom is -0.304 e. The Morgan fingerprint density at radius 1 is 1.17 bits per heavy atom. The maximum atomic E-state index is 11.5. The number of hydrogen-bond acceptors (Lipinski definition) is 3. The molecule has 0 aliphatic carbocycles. The Morgan fingerprint density at radius 2 is 1.94 bits per heavy atom. The van der Waals surface area contributed by atoms with Crippen molar-refractivity contribution < 1.29 is 9.59 Å². The molecule has 0 saturated carbocycles. The first-order chi connectivity index (χ1) is 8.74. The van der Waals surface area contributed by atoms with Gasteiger partial charge in [-0.3, -0.25) is 9.59 Å². The second-order valence-electron chi connectivity index (χ2n) is 4.26. The van der Waals surface area contributed by atoms with Crippen LogP contribution in [0.3, 0.4) is 0 Å². The van der Waals surface area contributed by atoms with Gasteiger partial charge in [0.2, 0.25) is 5.78 Å². The highest BCUT2D eigenvalue weighted by molar-refractivity contribution is 6.40. The van der Waals surface area contributed by atoms with Gasteiger partial charge in [-0.1, -0.05) is 38.7 Å². The number of hydrogen-bond donors (Lipinski definition) is 1. The van der Waals surface area contributed by atoms with Gasteiger partial charge in [0.15, 0.2) is 0 Å². The summed E-state index contributed by atoms with van der Waals surface area (Å²) in [5.74, 6) is -0.511. The zero-order chi connectivity index (χ0) is 13.2. The van der Waals surface area contributed by atoms with Crippen molar-refractivity contribution in [2.45, 2.75) is 45.4 Å². The van der Waals surface area contributed by atoms with E-state index in [-0.39, 0.29) is 5.78 Å². The molecule has 1 rings (SSSR count). The molecule has 0 bridgehead atoms. The number of unbranched alkanes of at least 4 members (excludes halogenated alkanes) is 4. The van der Waals surface area contributed by atoms with Crippen molar-refractivity contribution in [2.24, 2.45) is 0 Å². The van der Waals surface area contributed by atoms with Gasteiger partial charge in [0, 0.05) is 12.6 Å². The molecule has 1 N–H and O–H groups in total. The fraction of sp³-hybridized carbons (Fsp3) is 0.500. The molecule has 0 aliphatic rings. The van der Waals surface area contributed by atoms with E-state index in [2.05, 4.69) is 17.2 Å². The van der Waals surface area contributed by atoms with Crippen LogP contribution in [0.25, 0.3) is 0 Å². The van der Waals surface area contributed by atoms with Crippen LogP contribution in [0.4, 0.5) is 5.82 Å². The molecule has 0 atom stereocenters. The zero-order valence-electron chi connectivity index (χ0n) is 10.8. The number of rotatable bonds is 8. The van der Waals surface area contributed by atoms with Crippen LogP contribution in [0.2, 0.25) is 0 Å². The van der Waals surface area contributed by atoms with Crippen LogP contribution < -0.4 is 5.32 Å². The summed E-state index contributed by atoms with van der Waals surface area (Å²) < 4.78 is 0. The molecule has 18 heavy (non-hydrogen) atoms. The summed E-state index contributed by atoms with van der Waals surface area (Å²) in [5, 5.41) is 2.49. The van der Waals surface area contributed by atoms with Crippen molar-refractivity contribution in [1.82, 2.24) is 4.98 Å². The molecule has 1 amide bonds. The first-order valence-electron chi connectivity index (χ1n) is 6.49. The molecule has 1 aromatic rings. The zero-order valence-corrected chi connectivity index (χ0v) is 10.8. The van der Waals surface area contributed by atoms with Gasteiger partial charge in [-0.05, 0) is 18.6 Å². The van der Waals surface area contributed by atoms with E-state index in [9.17, 15) is 9.59 Å². The number of aromatic nitrogens is 1. The van der Waals surface area contributed by atoms with Gasteiger partial charge in [-0.2, -0.15) is 0 Å². The Kier molecular flexibility index (Phi) is 6.69. The van der Waals surface area contributed by atoms with E-state index in [1.54, 1.807) is 24.4 Å². The highest BCUT2D eigenvalue weighted by Crippen LogP contribution is 2.06. The molecule has 0 fully saturated rings. The van der Waals surface area contributed by atoms with Crippen molar-refractivity contribution in [3.8, 4) is 0 Å². The van der Waals surface area contributed by atoms with E-state index >= 15 is 0 Å². The number of amides is 1. The first kappa shape index (κ1) is 14.4. The van der Waals surface area contributed by atoms with Crippen molar-refractivity contribution in [3.05, 3.63) is 24.4 Å². The number of pyridine rings is 1. The van der Waals surface area contributed by atoms with Crippen molar-refractivity contribution in [2.75, 3.05) is 5.32 Å². The Balaban J connectivity index is 2.23. The van der Waals surface area contributed by atoms with Gasteiger partial charge in [0.05, 0.1) is 0 Å². The minimum absolute atomic E-state index is 0.322. The topological polar surface area (TPSA) is 59.1 Å². The van der Waals surface area contributed by atoms with Crippen LogP contribution in [0.15, 0.2) is 24.4 Å². The molecule has 0 spiro atoms. The second-order valence-corrected chi connectivity index (χ2v) is 4.26. The van der Waals surface area contributed by atoms with Gasteiger partial charge in [0.25, 0.3) is 5.91 Å². The summed E-state index contributed by atoms with van der Waals surface area (Å²) in [7, 11) is 0. The predicted octanol–water partition coefficient (Wildman–Crippen LogP) is 2.95. The van der Waals surface area contributed by atoms with Gasteiger partial charge >= 0.3 is 0 Å². The lowest BCUT2D eigenvalue weighted by atomic mass is 10.1. The normalized spacial score (nSPS) is 10.1. The van der Waals surface area contributed by atoms with Crippen LogP contribution in [0.1, 0.15) is 45.4 Å². The van der Waals surface area contributed by atoms with Crippen LogP contribution in [0, 0.1) is 0 Å². The molecule has 0 aromatic carbocycles. The van der Waals surface area contributed by atoms with E-state index in [1.807, 2.05) is 0 Å². The molecule has 4 heteroatoms. The standard InChI is InChI=1S/C14H20N2O2/c1-2-3-4-5-6-9-12(17)14(18)16-13-10-7-8-11-15-13/h7-8,10-11H,2-6,9H2,1H3,(H,15,16,18). The fourth-order valence-electron chi connectivity index (χ4n) is 1.63. The number of carbonyl (C=O) groups is 2. The highest BCUT2D eigenvalue weighted by atomic mass is 16.2. The minimum atomic E-state index is -0.566. The Bertz CT molecular complexity index is 377. The molecule has 1 aromatic heterocycles. The highest BCUT2D eigenvalue weighted by Gasteiger charge is 2.13. The molecule has 0 unspecified atom stereocenters. The third-order valence-corrected chi connectivity index (χ3v) is 2.67. The van der Waals surface area contributed by atoms with E-state index in [1.165, 1.54) is 12.8 Å². The average Bonchev–Trinajstić information content (AvgIpc) is 2.39. The second kappa shape index (κ2) is 8.39. The number of anilines is 1. The lowest BCUT2D eigenvalue weighted by molar-refractivity contribution is -0.134. The molecule has 0 aliphatic heterocycles. The summed E-state index contributed by atoms with van der Waals surface area (Å²) in [4.78, 5) is 27.0. The van der Waals surface area contributed by atoms with Crippen LogP contribution in [-0.2, 0) is 9.59 Å². The van der Waals surface area contributed by atoms with Gasteiger partial charge in [0.1, 0.15) is 5.82 Å². The van der Waals surface area contributed by atoms with E-state index in [0.29, 0.717) is 12.2 Å². The summed E-state index contributed by atoms with van der Waals surface area (Å²) in [5.41, 5.74) is 0. The van der Waals surface area contributed by atoms with Crippen LogP contribution >= 0.6 is 0 Å².